The molecule has 0 saturated carbocycles. The van der Waals surface area contributed by atoms with E-state index in [4.69, 9.17) is 16.0 Å². The van der Waals surface area contributed by atoms with Crippen molar-refractivity contribution >= 4 is 44.8 Å². The highest BCUT2D eigenvalue weighted by molar-refractivity contribution is 7.19. The number of allylic oxidation sites excluding steroid dienone is 1. The SMILES string of the molecule is N#CC(=Cc1ccc(-c2ccccc2Cl)o1)c1nc2ccccc2s1. The average Bonchev–Trinajstić information content (AvgIpc) is 3.26. The van der Waals surface area contributed by atoms with Gasteiger partial charge in [-0.2, -0.15) is 5.26 Å². The van der Waals surface area contributed by atoms with Crippen molar-refractivity contribution in [3.05, 3.63) is 76.5 Å². The first-order valence-corrected chi connectivity index (χ1v) is 8.76. The number of rotatable bonds is 3. The first-order valence-electron chi connectivity index (χ1n) is 7.57. The Bertz CT molecular complexity index is 1100. The topological polar surface area (TPSA) is 49.8 Å². The first kappa shape index (κ1) is 15.6. The second-order valence-corrected chi connectivity index (χ2v) is 6.78. The molecule has 5 heteroatoms. The minimum Gasteiger partial charge on any atom is -0.457 e. The fraction of sp³-hybridized carbons (Fsp3) is 0. The number of nitrogens with zero attached hydrogens (tertiary/aromatic N) is 2. The van der Waals surface area contributed by atoms with Gasteiger partial charge in [0.25, 0.3) is 0 Å². The van der Waals surface area contributed by atoms with Crippen molar-refractivity contribution in [2.45, 2.75) is 0 Å². The Balaban J connectivity index is 1.72. The van der Waals surface area contributed by atoms with E-state index >= 15 is 0 Å². The zero-order chi connectivity index (χ0) is 17.2. The Morgan fingerprint density at radius 2 is 1.88 bits per heavy atom. The third-order valence-corrected chi connectivity index (χ3v) is 5.10. The van der Waals surface area contributed by atoms with Crippen LogP contribution < -0.4 is 0 Å². The van der Waals surface area contributed by atoms with Crippen molar-refractivity contribution in [2.75, 3.05) is 0 Å². The Labute approximate surface area is 153 Å². The largest absolute Gasteiger partial charge is 0.457 e. The Morgan fingerprint density at radius 3 is 2.68 bits per heavy atom. The Hall–Kier alpha value is -2.87. The van der Waals surface area contributed by atoms with Crippen molar-refractivity contribution in [3.8, 4) is 17.4 Å². The number of aromatic nitrogens is 1. The van der Waals surface area contributed by atoms with Gasteiger partial charge in [0.15, 0.2) is 0 Å². The van der Waals surface area contributed by atoms with Crippen LogP contribution in [0.3, 0.4) is 0 Å². The van der Waals surface area contributed by atoms with Gasteiger partial charge in [-0.05, 0) is 36.4 Å². The van der Waals surface area contributed by atoms with E-state index < -0.39 is 0 Å². The molecule has 25 heavy (non-hydrogen) atoms. The summed E-state index contributed by atoms with van der Waals surface area (Å²) in [6.45, 7) is 0. The summed E-state index contributed by atoms with van der Waals surface area (Å²) in [6, 6.07) is 21.2. The molecule has 0 fully saturated rings. The van der Waals surface area contributed by atoms with Gasteiger partial charge in [0.1, 0.15) is 22.6 Å². The summed E-state index contributed by atoms with van der Waals surface area (Å²) >= 11 is 7.70. The highest BCUT2D eigenvalue weighted by Crippen LogP contribution is 2.31. The summed E-state index contributed by atoms with van der Waals surface area (Å²) in [4.78, 5) is 4.52. The number of halogens is 1. The molecule has 4 rings (SSSR count). The van der Waals surface area contributed by atoms with Gasteiger partial charge in [0.05, 0.1) is 20.8 Å². The van der Waals surface area contributed by atoms with Crippen molar-refractivity contribution in [2.24, 2.45) is 0 Å². The molecule has 4 aromatic rings. The molecule has 0 spiro atoms. The van der Waals surface area contributed by atoms with Crippen LogP contribution in [0, 0.1) is 11.3 Å². The first-order chi connectivity index (χ1) is 12.2. The summed E-state index contributed by atoms with van der Waals surface area (Å²) in [5.74, 6) is 1.25. The Kier molecular flexibility index (Phi) is 4.10. The zero-order valence-corrected chi connectivity index (χ0v) is 14.5. The predicted octanol–water partition coefficient (Wildman–Crippen LogP) is 6.27. The maximum absolute atomic E-state index is 9.52. The molecule has 0 atom stereocenters. The molecule has 3 nitrogen and oxygen atoms in total. The molecule has 0 aliphatic rings. The average molecular weight is 363 g/mol. The molecule has 2 aromatic carbocycles. The van der Waals surface area contributed by atoms with E-state index in [2.05, 4.69) is 11.1 Å². The van der Waals surface area contributed by atoms with Crippen LogP contribution >= 0.6 is 22.9 Å². The summed E-state index contributed by atoms with van der Waals surface area (Å²) in [7, 11) is 0. The van der Waals surface area contributed by atoms with Gasteiger partial charge in [-0.3, -0.25) is 0 Å². The second-order valence-electron chi connectivity index (χ2n) is 5.34. The quantitative estimate of drug-likeness (QED) is 0.403. The van der Waals surface area contributed by atoms with Crippen LogP contribution in [-0.4, -0.2) is 4.98 Å². The molecule has 0 saturated heterocycles. The van der Waals surface area contributed by atoms with Gasteiger partial charge in [-0.1, -0.05) is 35.9 Å². The number of benzene rings is 2. The zero-order valence-electron chi connectivity index (χ0n) is 12.9. The second kappa shape index (κ2) is 6.56. The van der Waals surface area contributed by atoms with Crippen molar-refractivity contribution in [1.82, 2.24) is 4.98 Å². The van der Waals surface area contributed by atoms with Gasteiger partial charge < -0.3 is 4.42 Å². The molecule has 0 radical (unpaired) electrons. The number of para-hydroxylation sites is 1. The number of fused-ring (bicyclic) bond motifs is 1. The molecule has 0 unspecified atom stereocenters. The molecule has 0 N–H and O–H groups in total. The monoisotopic (exact) mass is 362 g/mol. The van der Waals surface area contributed by atoms with Crippen LogP contribution in [0.2, 0.25) is 5.02 Å². The highest BCUT2D eigenvalue weighted by atomic mass is 35.5. The van der Waals surface area contributed by atoms with Gasteiger partial charge in [-0.15, -0.1) is 11.3 Å². The standard InChI is InChI=1S/C20H11ClN2OS/c21-16-6-2-1-5-15(16)18-10-9-14(24-18)11-13(12-22)20-23-17-7-3-4-8-19(17)25-20/h1-11H. The highest BCUT2D eigenvalue weighted by Gasteiger charge is 2.11. The van der Waals surface area contributed by atoms with Crippen molar-refractivity contribution in [3.63, 3.8) is 0 Å². The molecular formula is C20H11ClN2OS. The van der Waals surface area contributed by atoms with E-state index in [9.17, 15) is 5.26 Å². The maximum atomic E-state index is 9.52. The number of thiazole rings is 1. The number of furan rings is 1. The van der Waals surface area contributed by atoms with Gasteiger partial charge in [0, 0.05) is 11.6 Å². The van der Waals surface area contributed by atoms with Crippen molar-refractivity contribution in [1.29, 1.82) is 5.26 Å². The molecule has 0 aliphatic heterocycles. The lowest BCUT2D eigenvalue weighted by molar-refractivity contribution is 0.572. The molecule has 0 amide bonds. The van der Waals surface area contributed by atoms with E-state index in [1.165, 1.54) is 11.3 Å². The van der Waals surface area contributed by atoms with Gasteiger partial charge in [-0.25, -0.2) is 4.98 Å². The van der Waals surface area contributed by atoms with Gasteiger partial charge in [0.2, 0.25) is 0 Å². The fourth-order valence-electron chi connectivity index (χ4n) is 2.51. The van der Waals surface area contributed by atoms with Crippen LogP contribution in [0.5, 0.6) is 0 Å². The van der Waals surface area contributed by atoms with Crippen LogP contribution in [0.15, 0.2) is 65.1 Å². The van der Waals surface area contributed by atoms with E-state index in [1.807, 2.05) is 60.7 Å². The number of hydrogen-bond donors (Lipinski definition) is 0. The fourth-order valence-corrected chi connectivity index (χ4v) is 3.67. The summed E-state index contributed by atoms with van der Waals surface area (Å²) in [6.07, 6.45) is 1.71. The smallest absolute Gasteiger partial charge is 0.136 e. The van der Waals surface area contributed by atoms with Crippen LogP contribution in [-0.2, 0) is 0 Å². The summed E-state index contributed by atoms with van der Waals surface area (Å²) < 4.78 is 6.89. The minimum absolute atomic E-state index is 0.473. The molecule has 2 aromatic heterocycles. The van der Waals surface area contributed by atoms with Gasteiger partial charge >= 0.3 is 0 Å². The lowest BCUT2D eigenvalue weighted by Gasteiger charge is -1.99. The molecule has 120 valence electrons. The summed E-state index contributed by atoms with van der Waals surface area (Å²) in [5.41, 5.74) is 2.18. The summed E-state index contributed by atoms with van der Waals surface area (Å²) in [5, 5.41) is 10.8. The molecule has 2 heterocycles. The maximum Gasteiger partial charge on any atom is 0.136 e. The number of hydrogen-bond acceptors (Lipinski definition) is 4. The van der Waals surface area contributed by atoms with Crippen LogP contribution in [0.4, 0.5) is 0 Å². The predicted molar refractivity (Wildman–Crippen MR) is 102 cm³/mol. The molecular weight excluding hydrogens is 352 g/mol. The van der Waals surface area contributed by atoms with E-state index in [0.29, 0.717) is 27.1 Å². The molecule has 0 aliphatic carbocycles. The number of nitriles is 1. The van der Waals surface area contributed by atoms with Crippen LogP contribution in [0.25, 0.3) is 33.2 Å². The van der Waals surface area contributed by atoms with E-state index in [0.717, 1.165) is 15.8 Å². The molecule has 0 bridgehead atoms. The minimum atomic E-state index is 0.473. The van der Waals surface area contributed by atoms with E-state index in [1.54, 1.807) is 6.08 Å². The Morgan fingerprint density at radius 1 is 1.08 bits per heavy atom. The third-order valence-electron chi connectivity index (χ3n) is 3.70. The third kappa shape index (κ3) is 3.08. The lowest BCUT2D eigenvalue weighted by atomic mass is 10.2. The van der Waals surface area contributed by atoms with E-state index in [-0.39, 0.29) is 0 Å². The van der Waals surface area contributed by atoms with Crippen LogP contribution in [0.1, 0.15) is 10.8 Å². The normalized spacial score (nSPS) is 11.6. The van der Waals surface area contributed by atoms with Crippen molar-refractivity contribution < 1.29 is 4.42 Å². The lowest BCUT2D eigenvalue weighted by Crippen LogP contribution is -1.79.